The first-order chi connectivity index (χ1) is 16.6. The second kappa shape index (κ2) is 9.06. The van der Waals surface area contributed by atoms with Gasteiger partial charge in [-0.3, -0.25) is 9.89 Å². The first kappa shape index (κ1) is 21.8. The number of nitrogens with zero attached hydrogens (tertiary/aromatic N) is 2. The number of para-hydroxylation sites is 1. The van der Waals surface area contributed by atoms with Crippen LogP contribution in [0.4, 0.5) is 0 Å². The van der Waals surface area contributed by atoms with Crippen molar-refractivity contribution in [3.05, 3.63) is 101 Å². The van der Waals surface area contributed by atoms with Crippen LogP contribution in [-0.4, -0.2) is 39.8 Å². The number of phenols is 1. The number of aromatic nitrogens is 2. The van der Waals surface area contributed by atoms with Crippen molar-refractivity contribution in [3.8, 4) is 22.8 Å². The van der Waals surface area contributed by atoms with Crippen LogP contribution >= 0.6 is 0 Å². The van der Waals surface area contributed by atoms with Crippen LogP contribution in [0.25, 0.3) is 11.3 Å². The van der Waals surface area contributed by atoms with Gasteiger partial charge in [-0.2, -0.15) is 5.10 Å². The second-order valence-electron chi connectivity index (χ2n) is 8.47. The Bertz CT molecular complexity index is 1310. The average molecular weight is 454 g/mol. The molecule has 6 nitrogen and oxygen atoms in total. The molecule has 0 radical (unpaired) electrons. The minimum Gasteiger partial charge on any atom is -0.507 e. The van der Waals surface area contributed by atoms with E-state index in [0.717, 1.165) is 28.9 Å². The van der Waals surface area contributed by atoms with Crippen molar-refractivity contribution in [2.24, 2.45) is 0 Å². The van der Waals surface area contributed by atoms with Crippen LogP contribution in [0.2, 0.25) is 0 Å². The fraction of sp³-hybridized carbons (Fsp3) is 0.214. The van der Waals surface area contributed by atoms with E-state index in [-0.39, 0.29) is 17.7 Å². The summed E-state index contributed by atoms with van der Waals surface area (Å²) < 4.78 is 5.26. The van der Waals surface area contributed by atoms with Crippen LogP contribution in [0.1, 0.15) is 45.7 Å². The molecule has 3 aromatic carbocycles. The molecule has 5 rings (SSSR count). The molecule has 1 aliphatic heterocycles. The number of benzene rings is 3. The summed E-state index contributed by atoms with van der Waals surface area (Å²) in [4.78, 5) is 15.4. The van der Waals surface area contributed by atoms with Gasteiger partial charge in [0.2, 0.25) is 0 Å². The van der Waals surface area contributed by atoms with Gasteiger partial charge in [0.05, 0.1) is 13.2 Å². The Morgan fingerprint density at radius 2 is 1.71 bits per heavy atom. The normalized spacial score (nSPS) is 14.9. The van der Waals surface area contributed by atoms with Crippen molar-refractivity contribution in [1.29, 1.82) is 0 Å². The standard InChI is InChI=1S/C28H27N3O3/c1-3-18-8-12-20(13-9-18)27-24-25(22-6-4-5-7-23(22)32)29-30-26(24)28(33)31(27)17-16-19-10-14-21(34-2)15-11-19/h4-15,27,32H,3,16-17H2,1-2H3,(H,29,30)/t27-/m0/s1. The van der Waals surface area contributed by atoms with Gasteiger partial charge in [0.15, 0.2) is 0 Å². The highest BCUT2D eigenvalue weighted by molar-refractivity contribution is 6.00. The monoisotopic (exact) mass is 453 g/mol. The Labute approximate surface area is 198 Å². The van der Waals surface area contributed by atoms with Crippen molar-refractivity contribution >= 4 is 5.91 Å². The molecule has 34 heavy (non-hydrogen) atoms. The Kier molecular flexibility index (Phi) is 5.80. The molecule has 2 N–H and O–H groups in total. The largest absolute Gasteiger partial charge is 0.507 e. The Hall–Kier alpha value is -4.06. The zero-order chi connectivity index (χ0) is 23.7. The maximum absolute atomic E-state index is 13.5. The zero-order valence-corrected chi connectivity index (χ0v) is 19.3. The van der Waals surface area contributed by atoms with Gasteiger partial charge in [-0.05, 0) is 53.8 Å². The van der Waals surface area contributed by atoms with Gasteiger partial charge in [0.25, 0.3) is 5.91 Å². The number of phenolic OH excluding ortho intramolecular Hbond substituents is 1. The van der Waals surface area contributed by atoms with Gasteiger partial charge < -0.3 is 14.7 Å². The molecule has 1 aromatic heterocycles. The summed E-state index contributed by atoms with van der Waals surface area (Å²) in [7, 11) is 1.65. The number of hydrogen-bond donors (Lipinski definition) is 2. The van der Waals surface area contributed by atoms with Crippen LogP contribution in [-0.2, 0) is 12.8 Å². The molecule has 172 valence electrons. The van der Waals surface area contributed by atoms with Crippen LogP contribution in [0.3, 0.4) is 0 Å². The number of carbonyl (C=O) groups is 1. The molecule has 4 aromatic rings. The minimum atomic E-state index is -0.292. The summed E-state index contributed by atoms with van der Waals surface area (Å²) in [5.41, 5.74) is 5.91. The number of hydrogen-bond acceptors (Lipinski definition) is 4. The molecule has 1 aliphatic rings. The zero-order valence-electron chi connectivity index (χ0n) is 19.3. The van der Waals surface area contributed by atoms with Gasteiger partial charge in [-0.25, -0.2) is 0 Å². The van der Waals surface area contributed by atoms with Gasteiger partial charge in [0, 0.05) is 17.7 Å². The smallest absolute Gasteiger partial charge is 0.273 e. The van der Waals surface area contributed by atoms with E-state index >= 15 is 0 Å². The summed E-state index contributed by atoms with van der Waals surface area (Å²) in [6.07, 6.45) is 1.66. The number of aromatic amines is 1. The third kappa shape index (κ3) is 3.81. The van der Waals surface area contributed by atoms with Gasteiger partial charge in [-0.15, -0.1) is 0 Å². The van der Waals surface area contributed by atoms with E-state index in [1.165, 1.54) is 5.56 Å². The minimum absolute atomic E-state index is 0.0812. The highest BCUT2D eigenvalue weighted by atomic mass is 16.5. The molecule has 6 heteroatoms. The van der Waals surface area contributed by atoms with E-state index < -0.39 is 0 Å². The first-order valence-electron chi connectivity index (χ1n) is 11.5. The molecular weight excluding hydrogens is 426 g/mol. The predicted molar refractivity (Wildman–Crippen MR) is 131 cm³/mol. The number of ether oxygens (including phenoxy) is 1. The van der Waals surface area contributed by atoms with Crippen LogP contribution in [0, 0.1) is 0 Å². The molecule has 1 amide bonds. The molecule has 0 spiro atoms. The topological polar surface area (TPSA) is 78.5 Å². The predicted octanol–water partition coefficient (Wildman–Crippen LogP) is 5.14. The van der Waals surface area contributed by atoms with E-state index in [9.17, 15) is 9.90 Å². The number of rotatable bonds is 7. The lowest BCUT2D eigenvalue weighted by atomic mass is 9.94. The number of nitrogens with one attached hydrogen (secondary N) is 1. The summed E-state index contributed by atoms with van der Waals surface area (Å²) in [5, 5.41) is 17.9. The highest BCUT2D eigenvalue weighted by Gasteiger charge is 2.42. The molecule has 0 fully saturated rings. The summed E-state index contributed by atoms with van der Waals surface area (Å²) >= 11 is 0. The maximum Gasteiger partial charge on any atom is 0.273 e. The second-order valence-corrected chi connectivity index (χ2v) is 8.47. The fourth-order valence-corrected chi connectivity index (χ4v) is 4.63. The van der Waals surface area contributed by atoms with E-state index in [4.69, 9.17) is 4.74 Å². The third-order valence-electron chi connectivity index (χ3n) is 6.53. The molecule has 0 saturated heterocycles. The fourth-order valence-electron chi connectivity index (χ4n) is 4.63. The molecule has 0 saturated carbocycles. The van der Waals surface area contributed by atoms with Crippen molar-refractivity contribution in [2.75, 3.05) is 13.7 Å². The highest BCUT2D eigenvalue weighted by Crippen LogP contribution is 2.44. The van der Waals surface area contributed by atoms with Crippen molar-refractivity contribution in [3.63, 3.8) is 0 Å². The molecule has 0 unspecified atom stereocenters. The lowest BCUT2D eigenvalue weighted by Crippen LogP contribution is -2.31. The number of methoxy groups -OCH3 is 1. The Balaban J connectivity index is 1.54. The van der Waals surface area contributed by atoms with Gasteiger partial charge in [0.1, 0.15) is 22.9 Å². The van der Waals surface area contributed by atoms with E-state index in [0.29, 0.717) is 29.9 Å². The molecule has 0 aliphatic carbocycles. The number of aromatic hydroxyl groups is 1. The Morgan fingerprint density at radius 1 is 1.00 bits per heavy atom. The number of amides is 1. The van der Waals surface area contributed by atoms with E-state index in [1.807, 2.05) is 41.3 Å². The van der Waals surface area contributed by atoms with Gasteiger partial charge in [-0.1, -0.05) is 55.5 Å². The maximum atomic E-state index is 13.5. The number of aryl methyl sites for hydroxylation is 1. The van der Waals surface area contributed by atoms with Crippen molar-refractivity contribution < 1.29 is 14.6 Å². The number of carbonyl (C=O) groups excluding carboxylic acids is 1. The lowest BCUT2D eigenvalue weighted by Gasteiger charge is -2.26. The van der Waals surface area contributed by atoms with Gasteiger partial charge >= 0.3 is 0 Å². The molecular formula is C28H27N3O3. The Morgan fingerprint density at radius 3 is 2.38 bits per heavy atom. The molecule has 0 bridgehead atoms. The molecule has 2 heterocycles. The van der Waals surface area contributed by atoms with Crippen LogP contribution in [0.5, 0.6) is 11.5 Å². The van der Waals surface area contributed by atoms with E-state index in [2.05, 4.69) is 41.4 Å². The van der Waals surface area contributed by atoms with Crippen LogP contribution < -0.4 is 4.74 Å². The van der Waals surface area contributed by atoms with Crippen LogP contribution in [0.15, 0.2) is 72.8 Å². The lowest BCUT2D eigenvalue weighted by molar-refractivity contribution is 0.0746. The summed E-state index contributed by atoms with van der Waals surface area (Å²) in [6, 6.07) is 23.1. The summed E-state index contributed by atoms with van der Waals surface area (Å²) in [6.45, 7) is 2.67. The third-order valence-corrected chi connectivity index (χ3v) is 6.53. The van der Waals surface area contributed by atoms with Crippen molar-refractivity contribution in [1.82, 2.24) is 15.1 Å². The number of fused-ring (bicyclic) bond motifs is 1. The van der Waals surface area contributed by atoms with Crippen molar-refractivity contribution in [2.45, 2.75) is 25.8 Å². The van der Waals surface area contributed by atoms with E-state index in [1.54, 1.807) is 19.2 Å². The average Bonchev–Trinajstić information content (AvgIpc) is 3.42. The number of H-pyrrole nitrogens is 1. The SMILES string of the molecule is CCc1ccc([C@H]2c3c(-c4ccccc4O)n[nH]c3C(=O)N2CCc2ccc(OC)cc2)cc1. The quantitative estimate of drug-likeness (QED) is 0.406. The first-order valence-corrected chi connectivity index (χ1v) is 11.5. The summed E-state index contributed by atoms with van der Waals surface area (Å²) in [5.74, 6) is 0.867. The molecule has 1 atom stereocenters.